The first-order valence-corrected chi connectivity index (χ1v) is 7.96. The molecule has 0 atom stereocenters. The van der Waals surface area contributed by atoms with E-state index in [1.54, 1.807) is 0 Å². The van der Waals surface area contributed by atoms with E-state index in [9.17, 15) is 4.79 Å². The number of carbonyl (C=O) groups is 1. The number of nitrogens with one attached hydrogen (secondary N) is 1. The number of carbonyl (C=O) groups excluding carboxylic acids is 1. The summed E-state index contributed by atoms with van der Waals surface area (Å²) in [6.45, 7) is 0. The van der Waals surface area contributed by atoms with Gasteiger partial charge in [-0.05, 0) is 54.9 Å². The minimum Gasteiger partial charge on any atom is -0.399 e. The summed E-state index contributed by atoms with van der Waals surface area (Å²) >= 11 is 0. The van der Waals surface area contributed by atoms with Gasteiger partial charge in [-0.25, -0.2) is 0 Å². The summed E-state index contributed by atoms with van der Waals surface area (Å²) in [6.07, 6.45) is 9.54. The lowest BCUT2D eigenvalue weighted by molar-refractivity contribution is -0.123. The number of nitrogens with two attached hydrogens (primary N) is 1. The Bertz CT molecular complexity index is 569. The first kappa shape index (κ1) is 12.2. The van der Waals surface area contributed by atoms with Gasteiger partial charge in [-0.15, -0.1) is 0 Å². The number of benzene rings is 1. The Labute approximate surface area is 119 Å². The fourth-order valence-corrected chi connectivity index (χ4v) is 4.32. The molecule has 1 spiro atoms. The van der Waals surface area contributed by atoms with E-state index in [2.05, 4.69) is 11.4 Å². The molecule has 3 N–H and O–H groups in total. The average molecular weight is 270 g/mol. The van der Waals surface area contributed by atoms with Crippen molar-refractivity contribution in [2.75, 3.05) is 11.1 Å². The maximum absolute atomic E-state index is 12.4. The van der Waals surface area contributed by atoms with Crippen LogP contribution in [-0.2, 0) is 10.2 Å². The molecule has 20 heavy (non-hydrogen) atoms. The molecule has 0 unspecified atom stereocenters. The molecule has 3 aliphatic rings. The standard InChI is InChI=1S/C17H22N2O/c18-12-9-13(11-5-2-1-3-6-11)15-14(10-12)17(7-4-8-17)16(20)19-15/h9-11H,1-8,18H2,(H,19,20). The fourth-order valence-electron chi connectivity index (χ4n) is 4.32. The Hall–Kier alpha value is -1.51. The van der Waals surface area contributed by atoms with Gasteiger partial charge in [0.15, 0.2) is 0 Å². The SMILES string of the molecule is Nc1cc(C2CCCCC2)c2c(c1)C1(CCC1)C(=O)N2. The van der Waals surface area contributed by atoms with E-state index in [4.69, 9.17) is 5.73 Å². The lowest BCUT2D eigenvalue weighted by Crippen LogP contribution is -2.40. The molecular weight excluding hydrogens is 248 g/mol. The first-order valence-electron chi connectivity index (χ1n) is 7.96. The predicted molar refractivity (Wildman–Crippen MR) is 80.8 cm³/mol. The number of hydrogen-bond acceptors (Lipinski definition) is 2. The predicted octanol–water partition coefficient (Wildman–Crippen LogP) is 3.69. The Morgan fingerprint density at radius 1 is 1.10 bits per heavy atom. The first-order chi connectivity index (χ1) is 9.71. The maximum Gasteiger partial charge on any atom is 0.235 e. The molecule has 0 aromatic heterocycles. The summed E-state index contributed by atoms with van der Waals surface area (Å²) in [6, 6.07) is 4.14. The Morgan fingerprint density at radius 3 is 2.50 bits per heavy atom. The van der Waals surface area contributed by atoms with Gasteiger partial charge in [-0.3, -0.25) is 4.79 Å². The second-order valence-corrected chi connectivity index (χ2v) is 6.76. The van der Waals surface area contributed by atoms with E-state index in [0.717, 1.165) is 30.6 Å². The van der Waals surface area contributed by atoms with Gasteiger partial charge >= 0.3 is 0 Å². The van der Waals surface area contributed by atoms with Crippen LogP contribution >= 0.6 is 0 Å². The molecule has 1 amide bonds. The maximum atomic E-state index is 12.4. The van der Waals surface area contributed by atoms with Crippen molar-refractivity contribution in [1.29, 1.82) is 0 Å². The van der Waals surface area contributed by atoms with Gasteiger partial charge in [0.25, 0.3) is 0 Å². The van der Waals surface area contributed by atoms with Gasteiger partial charge < -0.3 is 11.1 Å². The summed E-state index contributed by atoms with van der Waals surface area (Å²) in [7, 11) is 0. The largest absolute Gasteiger partial charge is 0.399 e. The number of fused-ring (bicyclic) bond motifs is 2. The quantitative estimate of drug-likeness (QED) is 0.765. The number of hydrogen-bond donors (Lipinski definition) is 2. The van der Waals surface area contributed by atoms with Crippen LogP contribution in [0, 0.1) is 0 Å². The second-order valence-electron chi connectivity index (χ2n) is 6.76. The highest BCUT2D eigenvalue weighted by atomic mass is 16.2. The van der Waals surface area contributed by atoms with Crippen LogP contribution in [0.2, 0.25) is 0 Å². The van der Waals surface area contributed by atoms with Crippen molar-refractivity contribution < 1.29 is 4.79 Å². The minimum absolute atomic E-state index is 0.210. The molecule has 0 radical (unpaired) electrons. The third kappa shape index (κ3) is 1.55. The van der Waals surface area contributed by atoms with E-state index in [0.29, 0.717) is 5.92 Å². The highest BCUT2D eigenvalue weighted by Crippen LogP contribution is 2.54. The van der Waals surface area contributed by atoms with Crippen LogP contribution in [0.15, 0.2) is 12.1 Å². The number of rotatable bonds is 1. The van der Waals surface area contributed by atoms with E-state index in [1.807, 2.05) is 6.07 Å². The molecule has 3 nitrogen and oxygen atoms in total. The zero-order chi connectivity index (χ0) is 13.7. The van der Waals surface area contributed by atoms with Crippen LogP contribution in [-0.4, -0.2) is 5.91 Å². The number of anilines is 2. The summed E-state index contributed by atoms with van der Waals surface area (Å²) in [5.41, 5.74) is 10.3. The summed E-state index contributed by atoms with van der Waals surface area (Å²) in [5.74, 6) is 0.790. The monoisotopic (exact) mass is 270 g/mol. The molecule has 2 aliphatic carbocycles. The molecular formula is C17H22N2O. The van der Waals surface area contributed by atoms with Gasteiger partial charge in [0, 0.05) is 11.4 Å². The van der Waals surface area contributed by atoms with Crippen molar-refractivity contribution in [2.24, 2.45) is 0 Å². The molecule has 0 bridgehead atoms. The van der Waals surface area contributed by atoms with Crippen LogP contribution in [0.3, 0.4) is 0 Å². The molecule has 2 fully saturated rings. The van der Waals surface area contributed by atoms with Gasteiger partial charge in [-0.1, -0.05) is 25.7 Å². The third-order valence-corrected chi connectivity index (χ3v) is 5.63. The molecule has 106 valence electrons. The van der Waals surface area contributed by atoms with Gasteiger partial charge in [0.05, 0.1) is 5.41 Å². The van der Waals surface area contributed by atoms with Crippen molar-refractivity contribution in [1.82, 2.24) is 0 Å². The Balaban J connectivity index is 1.82. The van der Waals surface area contributed by atoms with Crippen LogP contribution in [0.4, 0.5) is 11.4 Å². The molecule has 1 aliphatic heterocycles. The van der Waals surface area contributed by atoms with E-state index in [1.165, 1.54) is 43.2 Å². The molecule has 0 saturated heterocycles. The molecule has 4 rings (SSSR count). The molecule has 1 aromatic carbocycles. The van der Waals surface area contributed by atoms with Crippen molar-refractivity contribution in [2.45, 2.75) is 62.7 Å². The van der Waals surface area contributed by atoms with E-state index in [-0.39, 0.29) is 11.3 Å². The Kier molecular flexibility index (Phi) is 2.60. The molecule has 1 aromatic rings. The van der Waals surface area contributed by atoms with Crippen LogP contribution in [0.5, 0.6) is 0 Å². The summed E-state index contributed by atoms with van der Waals surface area (Å²) < 4.78 is 0. The molecule has 2 saturated carbocycles. The topological polar surface area (TPSA) is 55.1 Å². The van der Waals surface area contributed by atoms with Crippen molar-refractivity contribution in [3.05, 3.63) is 23.3 Å². The van der Waals surface area contributed by atoms with Gasteiger partial charge in [0.1, 0.15) is 0 Å². The summed E-state index contributed by atoms with van der Waals surface area (Å²) in [4.78, 5) is 12.4. The molecule has 1 heterocycles. The second kappa shape index (κ2) is 4.24. The number of nitrogen functional groups attached to an aromatic ring is 1. The van der Waals surface area contributed by atoms with Crippen LogP contribution in [0.25, 0.3) is 0 Å². The van der Waals surface area contributed by atoms with Crippen LogP contribution < -0.4 is 11.1 Å². The Morgan fingerprint density at radius 2 is 1.85 bits per heavy atom. The van der Waals surface area contributed by atoms with Crippen LogP contribution in [0.1, 0.15) is 68.4 Å². The van der Waals surface area contributed by atoms with E-state index < -0.39 is 0 Å². The van der Waals surface area contributed by atoms with Crippen molar-refractivity contribution in [3.8, 4) is 0 Å². The summed E-state index contributed by atoms with van der Waals surface area (Å²) in [5, 5.41) is 3.19. The third-order valence-electron chi connectivity index (χ3n) is 5.63. The fraction of sp³-hybridized carbons (Fsp3) is 0.588. The zero-order valence-electron chi connectivity index (χ0n) is 11.9. The lowest BCUT2D eigenvalue weighted by atomic mass is 9.64. The zero-order valence-corrected chi connectivity index (χ0v) is 11.9. The average Bonchev–Trinajstić information content (AvgIpc) is 2.70. The highest BCUT2D eigenvalue weighted by Gasteiger charge is 2.51. The minimum atomic E-state index is -0.242. The molecule has 3 heteroatoms. The highest BCUT2D eigenvalue weighted by molar-refractivity contribution is 6.08. The smallest absolute Gasteiger partial charge is 0.235 e. The van der Waals surface area contributed by atoms with Crippen molar-refractivity contribution >= 4 is 17.3 Å². The van der Waals surface area contributed by atoms with Gasteiger partial charge in [0.2, 0.25) is 5.91 Å². The lowest BCUT2D eigenvalue weighted by Gasteiger charge is -2.36. The van der Waals surface area contributed by atoms with E-state index >= 15 is 0 Å². The normalized spacial score (nSPS) is 24.3. The van der Waals surface area contributed by atoms with Gasteiger partial charge in [-0.2, -0.15) is 0 Å². The van der Waals surface area contributed by atoms with Crippen molar-refractivity contribution in [3.63, 3.8) is 0 Å². The number of amides is 1.